The number of quaternary nitrogens is 1. The van der Waals surface area contributed by atoms with Crippen LogP contribution in [0.3, 0.4) is 0 Å². The molecule has 2 N–H and O–H groups in total. The number of rotatable bonds is 10. The first-order valence-corrected chi connectivity index (χ1v) is 8.76. The summed E-state index contributed by atoms with van der Waals surface area (Å²) in [7, 11) is 5.70. The van der Waals surface area contributed by atoms with Gasteiger partial charge in [-0.1, -0.05) is 29.8 Å². The predicted molar refractivity (Wildman–Crippen MR) is 102 cm³/mol. The highest BCUT2D eigenvalue weighted by Gasteiger charge is 2.26. The van der Waals surface area contributed by atoms with Crippen LogP contribution >= 0.6 is 11.6 Å². The Morgan fingerprint density at radius 2 is 1.85 bits per heavy atom. The number of carboxylic acids is 1. The number of anilines is 1. The lowest BCUT2D eigenvalue weighted by atomic mass is 10.2. The molecule has 2 rings (SSSR count). The molecule has 0 saturated carbocycles. The second-order valence-electron chi connectivity index (χ2n) is 6.87. The average molecular weight is 396 g/mol. The van der Waals surface area contributed by atoms with E-state index in [2.05, 4.69) is 15.3 Å². The number of benzene rings is 1. The van der Waals surface area contributed by atoms with Crippen LogP contribution in [0.5, 0.6) is 11.6 Å². The fourth-order valence-electron chi connectivity index (χ4n) is 2.25. The monoisotopic (exact) mass is 395 g/mol. The molecule has 0 fully saturated rings. The summed E-state index contributed by atoms with van der Waals surface area (Å²) in [5.74, 6) is 0.0880. The molecule has 1 atom stereocenters. The number of nitrogens with one attached hydrogen (secondary N) is 1. The molecule has 0 spiro atoms. The van der Waals surface area contributed by atoms with Gasteiger partial charge in [0.05, 0.1) is 21.1 Å². The van der Waals surface area contributed by atoms with E-state index in [0.29, 0.717) is 17.6 Å². The first-order chi connectivity index (χ1) is 12.7. The fraction of sp³-hybridized carbons (Fsp3) is 0.389. The van der Waals surface area contributed by atoms with Gasteiger partial charge in [-0.15, -0.1) is 0 Å². The third kappa shape index (κ3) is 7.67. The Bertz CT molecular complexity index is 753. The Balaban J connectivity index is 1.95. The second kappa shape index (κ2) is 9.38. The van der Waals surface area contributed by atoms with E-state index in [-0.39, 0.29) is 23.6 Å². The molecular weight excluding hydrogens is 372 g/mol. The van der Waals surface area contributed by atoms with Gasteiger partial charge in [-0.05, 0) is 12.1 Å². The predicted octanol–water partition coefficient (Wildman–Crippen LogP) is 2.16. The van der Waals surface area contributed by atoms with Crippen molar-refractivity contribution in [2.45, 2.75) is 6.04 Å². The molecule has 0 aliphatic rings. The Morgan fingerprint density at radius 1 is 1.19 bits per heavy atom. The number of hydrogen-bond acceptors (Lipinski definition) is 6. The number of nitrogens with zero attached hydrogens (tertiary/aromatic N) is 3. The van der Waals surface area contributed by atoms with Crippen molar-refractivity contribution in [1.82, 2.24) is 9.97 Å². The van der Waals surface area contributed by atoms with E-state index < -0.39 is 12.0 Å². The van der Waals surface area contributed by atoms with Crippen LogP contribution in [0, 0.1) is 0 Å². The molecule has 1 aromatic carbocycles. The lowest BCUT2D eigenvalue weighted by molar-refractivity contribution is -0.870. The zero-order chi connectivity index (χ0) is 19.9. The van der Waals surface area contributed by atoms with Crippen LogP contribution < -0.4 is 14.8 Å². The minimum Gasteiger partial charge on any atom is -0.490 e. The molecule has 0 aliphatic carbocycles. The average Bonchev–Trinajstić information content (AvgIpc) is 2.57. The van der Waals surface area contributed by atoms with Crippen molar-refractivity contribution in [3.8, 4) is 11.6 Å². The van der Waals surface area contributed by atoms with Crippen molar-refractivity contribution in [2.24, 2.45) is 0 Å². The maximum absolute atomic E-state index is 11.5. The summed E-state index contributed by atoms with van der Waals surface area (Å²) in [5, 5.41) is 12.4. The number of carboxylic acid groups (broad SMARTS) is 1. The van der Waals surface area contributed by atoms with E-state index in [1.165, 1.54) is 6.07 Å². The summed E-state index contributed by atoms with van der Waals surface area (Å²) in [6.07, 6.45) is 0. The van der Waals surface area contributed by atoms with Crippen molar-refractivity contribution < 1.29 is 23.9 Å². The third-order valence-electron chi connectivity index (χ3n) is 3.35. The van der Waals surface area contributed by atoms with Crippen LogP contribution in [0.1, 0.15) is 0 Å². The molecule has 146 valence electrons. The van der Waals surface area contributed by atoms with E-state index in [4.69, 9.17) is 21.1 Å². The molecule has 2 aromatic rings. The van der Waals surface area contributed by atoms with Gasteiger partial charge in [0.2, 0.25) is 11.8 Å². The lowest BCUT2D eigenvalue weighted by Crippen LogP contribution is -2.48. The largest absolute Gasteiger partial charge is 0.490 e. The van der Waals surface area contributed by atoms with Gasteiger partial charge in [0.15, 0.2) is 6.04 Å². The van der Waals surface area contributed by atoms with Crippen molar-refractivity contribution >= 4 is 23.5 Å². The lowest BCUT2D eigenvalue weighted by Gasteiger charge is -2.27. The van der Waals surface area contributed by atoms with Crippen LogP contribution in [0.15, 0.2) is 36.4 Å². The number of aliphatic carboxylic acids is 1. The highest BCUT2D eigenvalue weighted by atomic mass is 35.5. The SMILES string of the molecule is C[N+](C)(C)CC(Nc1nc(Cl)cc(OCCOc2ccccc2)n1)C(=O)O. The Hall–Kier alpha value is -2.58. The van der Waals surface area contributed by atoms with E-state index in [0.717, 1.165) is 5.75 Å². The van der Waals surface area contributed by atoms with E-state index in [1.807, 2.05) is 51.5 Å². The fourth-order valence-corrected chi connectivity index (χ4v) is 2.42. The molecule has 0 radical (unpaired) electrons. The zero-order valence-electron chi connectivity index (χ0n) is 15.6. The number of likely N-dealkylation sites (N-methyl/N-ethyl adjacent to an activating group) is 1. The summed E-state index contributed by atoms with van der Waals surface area (Å²) < 4.78 is 11.5. The third-order valence-corrected chi connectivity index (χ3v) is 3.54. The van der Waals surface area contributed by atoms with Gasteiger partial charge >= 0.3 is 5.97 Å². The van der Waals surface area contributed by atoms with Gasteiger partial charge in [0.25, 0.3) is 0 Å². The number of para-hydroxylation sites is 1. The molecule has 0 amide bonds. The number of carbonyl (C=O) groups is 1. The Labute approximate surface area is 163 Å². The summed E-state index contributed by atoms with van der Waals surface area (Å²) in [6.45, 7) is 0.920. The topological polar surface area (TPSA) is 93.6 Å². The van der Waals surface area contributed by atoms with E-state index >= 15 is 0 Å². The van der Waals surface area contributed by atoms with Crippen molar-refractivity contribution in [3.63, 3.8) is 0 Å². The quantitative estimate of drug-likeness (QED) is 0.361. The standard InChI is InChI=1S/C18H23ClN4O4/c1-23(2,3)12-14(17(24)25)20-18-21-15(19)11-16(22-18)27-10-9-26-13-7-5-4-6-8-13/h4-8,11,14H,9-10,12H2,1-3H3,(H-,20,21,22,24,25)/p+1. The summed E-state index contributed by atoms with van der Waals surface area (Å²) >= 11 is 6.00. The molecule has 8 nitrogen and oxygen atoms in total. The summed E-state index contributed by atoms with van der Waals surface area (Å²) in [4.78, 5) is 19.7. The van der Waals surface area contributed by atoms with Gasteiger partial charge in [-0.2, -0.15) is 4.98 Å². The molecule has 0 aliphatic heterocycles. The van der Waals surface area contributed by atoms with Crippen LogP contribution in [-0.4, -0.2) is 72.5 Å². The highest BCUT2D eigenvalue weighted by Crippen LogP contribution is 2.17. The van der Waals surface area contributed by atoms with Crippen LogP contribution in [0.2, 0.25) is 5.15 Å². The van der Waals surface area contributed by atoms with Gasteiger partial charge in [-0.3, -0.25) is 0 Å². The Kier molecular flexibility index (Phi) is 7.20. The molecule has 9 heteroatoms. The number of hydrogen-bond donors (Lipinski definition) is 2. The van der Waals surface area contributed by atoms with E-state index in [9.17, 15) is 9.90 Å². The number of ether oxygens (including phenoxy) is 2. The van der Waals surface area contributed by atoms with Gasteiger partial charge in [0, 0.05) is 6.07 Å². The normalized spacial score (nSPS) is 12.3. The number of halogens is 1. The molecule has 1 unspecified atom stereocenters. The second-order valence-corrected chi connectivity index (χ2v) is 7.26. The first-order valence-electron chi connectivity index (χ1n) is 8.38. The Morgan fingerprint density at radius 3 is 2.48 bits per heavy atom. The maximum atomic E-state index is 11.5. The smallest absolute Gasteiger partial charge is 0.332 e. The maximum Gasteiger partial charge on any atom is 0.332 e. The van der Waals surface area contributed by atoms with Crippen molar-refractivity contribution in [3.05, 3.63) is 41.6 Å². The minimum absolute atomic E-state index is 0.0994. The minimum atomic E-state index is -0.995. The summed E-state index contributed by atoms with van der Waals surface area (Å²) in [6, 6.07) is 9.97. The highest BCUT2D eigenvalue weighted by molar-refractivity contribution is 6.29. The summed E-state index contributed by atoms with van der Waals surface area (Å²) in [5.41, 5.74) is 0. The van der Waals surface area contributed by atoms with Gasteiger partial charge in [-0.25, -0.2) is 9.78 Å². The molecule has 0 bridgehead atoms. The van der Waals surface area contributed by atoms with Crippen LogP contribution in [0.25, 0.3) is 0 Å². The van der Waals surface area contributed by atoms with Crippen molar-refractivity contribution in [2.75, 3.05) is 46.2 Å². The van der Waals surface area contributed by atoms with Crippen LogP contribution in [-0.2, 0) is 4.79 Å². The molecular formula is C18H24ClN4O4+. The molecule has 1 aromatic heterocycles. The molecule has 27 heavy (non-hydrogen) atoms. The molecule has 1 heterocycles. The zero-order valence-corrected chi connectivity index (χ0v) is 16.3. The van der Waals surface area contributed by atoms with Crippen LogP contribution in [0.4, 0.5) is 5.95 Å². The van der Waals surface area contributed by atoms with Crippen molar-refractivity contribution in [1.29, 1.82) is 0 Å². The van der Waals surface area contributed by atoms with Gasteiger partial charge < -0.3 is 24.4 Å². The first kappa shape index (κ1) is 20.7. The van der Waals surface area contributed by atoms with Gasteiger partial charge in [0.1, 0.15) is 30.7 Å². The molecule has 0 saturated heterocycles. The van der Waals surface area contributed by atoms with E-state index in [1.54, 1.807) is 0 Å². The number of aromatic nitrogens is 2.